The summed E-state index contributed by atoms with van der Waals surface area (Å²) in [5, 5.41) is 0.0990. The molecule has 1 heterocycles. The number of carbonyl (C=O) groups is 1. The molecule has 0 amide bonds. The maximum atomic E-state index is 12.3. The number of hydrogen-bond donors (Lipinski definition) is 0. The maximum absolute atomic E-state index is 12.3. The van der Waals surface area contributed by atoms with Crippen LogP contribution in [0.4, 0.5) is 0 Å². The number of rotatable bonds is 5. The molecule has 2 aromatic carbocycles. The molecule has 23 heavy (non-hydrogen) atoms. The second-order valence-electron chi connectivity index (χ2n) is 4.82. The second kappa shape index (κ2) is 7.03. The molecule has 0 aliphatic carbocycles. The molecule has 0 bridgehead atoms. The average molecular weight is 325 g/mol. The minimum absolute atomic E-state index is 0.0990. The van der Waals surface area contributed by atoms with Gasteiger partial charge < -0.3 is 4.74 Å². The summed E-state index contributed by atoms with van der Waals surface area (Å²) in [5.41, 5.74) is 1.71. The van der Waals surface area contributed by atoms with Crippen molar-refractivity contribution >= 4 is 17.4 Å². The summed E-state index contributed by atoms with van der Waals surface area (Å²) in [5.74, 6) is 0.424. The number of benzene rings is 2. The number of carbonyl (C=O) groups excluding carboxylic acids is 1. The fraction of sp³-hybridized carbons (Fsp3) is 0.0556. The van der Waals surface area contributed by atoms with Crippen LogP contribution in [0.5, 0.6) is 5.75 Å². The molecule has 5 heteroatoms. The minimum Gasteiger partial charge on any atom is -0.489 e. The van der Waals surface area contributed by atoms with Gasteiger partial charge in [-0.3, -0.25) is 4.79 Å². The number of ketones is 1. The summed E-state index contributed by atoms with van der Waals surface area (Å²) in [7, 11) is 0. The van der Waals surface area contributed by atoms with Crippen LogP contribution in [0.1, 0.15) is 21.6 Å². The van der Waals surface area contributed by atoms with Crippen LogP contribution in [0.3, 0.4) is 0 Å². The van der Waals surface area contributed by atoms with E-state index in [0.29, 0.717) is 17.9 Å². The van der Waals surface area contributed by atoms with Gasteiger partial charge in [-0.1, -0.05) is 41.9 Å². The highest BCUT2D eigenvalue weighted by molar-refractivity contribution is 6.33. The van der Waals surface area contributed by atoms with Gasteiger partial charge >= 0.3 is 0 Å². The summed E-state index contributed by atoms with van der Waals surface area (Å²) in [4.78, 5) is 20.2. The van der Waals surface area contributed by atoms with E-state index in [1.165, 1.54) is 12.4 Å². The molecule has 0 unspecified atom stereocenters. The van der Waals surface area contributed by atoms with Crippen molar-refractivity contribution in [3.05, 3.63) is 89.0 Å². The van der Waals surface area contributed by atoms with Crippen LogP contribution in [0, 0.1) is 0 Å². The molecular weight excluding hydrogens is 312 g/mol. The Morgan fingerprint density at radius 2 is 1.65 bits per heavy atom. The Bertz CT molecular complexity index is 805. The number of nitrogens with zero attached hydrogens (tertiary/aromatic N) is 2. The van der Waals surface area contributed by atoms with Crippen molar-refractivity contribution < 1.29 is 9.53 Å². The van der Waals surface area contributed by atoms with Crippen molar-refractivity contribution in [2.45, 2.75) is 6.61 Å². The first-order valence-electron chi connectivity index (χ1n) is 7.02. The molecule has 0 aliphatic rings. The second-order valence-corrected chi connectivity index (χ2v) is 5.18. The molecule has 0 atom stereocenters. The Hall–Kier alpha value is -2.72. The van der Waals surface area contributed by atoms with E-state index in [0.717, 1.165) is 5.56 Å². The molecule has 0 N–H and O–H groups in total. The lowest BCUT2D eigenvalue weighted by Crippen LogP contribution is -2.05. The topological polar surface area (TPSA) is 52.1 Å². The summed E-state index contributed by atoms with van der Waals surface area (Å²) in [6, 6.07) is 16.8. The Kier molecular flexibility index (Phi) is 4.64. The molecule has 0 aliphatic heterocycles. The summed E-state index contributed by atoms with van der Waals surface area (Å²) >= 11 is 5.90. The first-order chi connectivity index (χ1) is 11.2. The molecule has 4 nitrogen and oxygen atoms in total. The normalized spacial score (nSPS) is 10.3. The van der Waals surface area contributed by atoms with E-state index >= 15 is 0 Å². The van der Waals surface area contributed by atoms with Crippen LogP contribution in [0.25, 0.3) is 0 Å². The molecule has 0 fully saturated rings. The van der Waals surface area contributed by atoms with Gasteiger partial charge in [0.2, 0.25) is 5.78 Å². The predicted molar refractivity (Wildman–Crippen MR) is 87.7 cm³/mol. The monoisotopic (exact) mass is 324 g/mol. The number of aromatic nitrogens is 2. The van der Waals surface area contributed by atoms with Gasteiger partial charge in [-0.25, -0.2) is 9.97 Å². The molecule has 114 valence electrons. The van der Waals surface area contributed by atoms with Gasteiger partial charge in [0.05, 0.1) is 0 Å². The van der Waals surface area contributed by atoms with Crippen molar-refractivity contribution in [3.8, 4) is 5.75 Å². The van der Waals surface area contributed by atoms with E-state index in [2.05, 4.69) is 9.97 Å². The van der Waals surface area contributed by atoms with Crippen molar-refractivity contribution in [3.63, 3.8) is 0 Å². The van der Waals surface area contributed by atoms with Crippen LogP contribution in [-0.4, -0.2) is 15.8 Å². The van der Waals surface area contributed by atoms with Crippen molar-refractivity contribution in [1.29, 1.82) is 0 Å². The first kappa shape index (κ1) is 15.2. The molecule has 0 spiro atoms. The highest BCUT2D eigenvalue weighted by Crippen LogP contribution is 2.18. The maximum Gasteiger partial charge on any atom is 0.214 e. The summed E-state index contributed by atoms with van der Waals surface area (Å²) in [6.07, 6.45) is 2.89. The zero-order valence-electron chi connectivity index (χ0n) is 12.1. The average Bonchev–Trinajstić information content (AvgIpc) is 2.61. The highest BCUT2D eigenvalue weighted by atomic mass is 35.5. The summed E-state index contributed by atoms with van der Waals surface area (Å²) in [6.45, 7) is 0.476. The van der Waals surface area contributed by atoms with Gasteiger partial charge in [0.15, 0.2) is 5.15 Å². The van der Waals surface area contributed by atoms with Crippen LogP contribution in [0.2, 0.25) is 5.15 Å². The van der Waals surface area contributed by atoms with Crippen molar-refractivity contribution in [2.24, 2.45) is 0 Å². The standard InChI is InChI=1S/C18H13ClN2O2/c19-18-16(20-10-11-21-18)17(22)14-6-8-15(9-7-14)23-12-13-4-2-1-3-5-13/h1-11H,12H2. The van der Waals surface area contributed by atoms with Gasteiger partial charge in [0, 0.05) is 18.0 Å². The van der Waals surface area contributed by atoms with Gasteiger partial charge in [0.1, 0.15) is 18.1 Å². The molecule has 3 rings (SSSR count). The lowest BCUT2D eigenvalue weighted by Gasteiger charge is -2.07. The number of ether oxygens (including phenoxy) is 1. The van der Waals surface area contributed by atoms with E-state index in [1.54, 1.807) is 24.3 Å². The fourth-order valence-corrected chi connectivity index (χ4v) is 2.24. The van der Waals surface area contributed by atoms with E-state index in [-0.39, 0.29) is 16.6 Å². The molecule has 0 saturated carbocycles. The van der Waals surface area contributed by atoms with Crippen LogP contribution in [0.15, 0.2) is 67.0 Å². The van der Waals surface area contributed by atoms with E-state index in [1.807, 2.05) is 30.3 Å². The van der Waals surface area contributed by atoms with Crippen molar-refractivity contribution in [1.82, 2.24) is 9.97 Å². The van der Waals surface area contributed by atoms with Gasteiger partial charge in [-0.2, -0.15) is 0 Å². The Labute approximate surface area is 138 Å². The largest absolute Gasteiger partial charge is 0.489 e. The Morgan fingerprint density at radius 1 is 0.957 bits per heavy atom. The third kappa shape index (κ3) is 3.73. The molecule has 0 radical (unpaired) electrons. The van der Waals surface area contributed by atoms with E-state index < -0.39 is 0 Å². The number of halogens is 1. The first-order valence-corrected chi connectivity index (χ1v) is 7.40. The fourth-order valence-electron chi connectivity index (χ4n) is 2.05. The van der Waals surface area contributed by atoms with Crippen molar-refractivity contribution in [2.75, 3.05) is 0 Å². The lowest BCUT2D eigenvalue weighted by atomic mass is 10.1. The van der Waals surface area contributed by atoms with Gasteiger partial charge in [0.25, 0.3) is 0 Å². The molecular formula is C18H13ClN2O2. The lowest BCUT2D eigenvalue weighted by molar-refractivity contribution is 0.103. The third-order valence-electron chi connectivity index (χ3n) is 3.23. The van der Waals surface area contributed by atoms with Gasteiger partial charge in [-0.15, -0.1) is 0 Å². The zero-order valence-corrected chi connectivity index (χ0v) is 12.9. The van der Waals surface area contributed by atoms with Crippen LogP contribution < -0.4 is 4.74 Å². The smallest absolute Gasteiger partial charge is 0.214 e. The summed E-state index contributed by atoms with van der Waals surface area (Å²) < 4.78 is 5.69. The third-order valence-corrected chi connectivity index (χ3v) is 3.51. The zero-order chi connectivity index (χ0) is 16.1. The Balaban J connectivity index is 1.70. The predicted octanol–water partition coefficient (Wildman–Crippen LogP) is 3.94. The quantitative estimate of drug-likeness (QED) is 0.667. The minimum atomic E-state index is -0.266. The van der Waals surface area contributed by atoms with E-state index in [4.69, 9.17) is 16.3 Å². The molecule has 3 aromatic rings. The van der Waals surface area contributed by atoms with Crippen LogP contribution in [-0.2, 0) is 6.61 Å². The van der Waals surface area contributed by atoms with Crippen LogP contribution >= 0.6 is 11.6 Å². The number of hydrogen-bond acceptors (Lipinski definition) is 4. The Morgan fingerprint density at radius 3 is 2.35 bits per heavy atom. The van der Waals surface area contributed by atoms with Gasteiger partial charge in [-0.05, 0) is 29.8 Å². The molecule has 1 aromatic heterocycles. The van der Waals surface area contributed by atoms with E-state index in [9.17, 15) is 4.79 Å². The highest BCUT2D eigenvalue weighted by Gasteiger charge is 2.14. The molecule has 0 saturated heterocycles. The SMILES string of the molecule is O=C(c1ccc(OCc2ccccc2)cc1)c1nccnc1Cl.